The zero-order valence-corrected chi connectivity index (χ0v) is 11.3. The molecule has 0 fully saturated rings. The fraction of sp³-hybridized carbons (Fsp3) is 0.308. The highest BCUT2D eigenvalue weighted by atomic mass is 32.2. The van der Waals surface area contributed by atoms with E-state index in [0.29, 0.717) is 16.2 Å². The Morgan fingerprint density at radius 1 is 1.58 bits per heavy atom. The molecule has 6 heteroatoms. The Kier molecular flexibility index (Phi) is 4.07. The highest BCUT2D eigenvalue weighted by Gasteiger charge is 2.14. The Bertz CT molecular complexity index is 658. The first-order chi connectivity index (χ1) is 9.17. The predicted octanol–water partition coefficient (Wildman–Crippen LogP) is 2.49. The van der Waals surface area contributed by atoms with E-state index in [1.54, 1.807) is 6.07 Å². The van der Waals surface area contributed by atoms with Crippen LogP contribution in [-0.4, -0.2) is 26.4 Å². The lowest BCUT2D eigenvalue weighted by molar-refractivity contribution is -0.133. The number of hydrogen-bond donors (Lipinski definition) is 1. The van der Waals surface area contributed by atoms with Gasteiger partial charge >= 0.3 is 5.97 Å². The average Bonchev–Trinajstić information content (AvgIpc) is 2.75. The first-order valence-electron chi connectivity index (χ1n) is 5.91. The Morgan fingerprint density at radius 2 is 2.37 bits per heavy atom. The molecule has 0 aliphatic heterocycles. The second-order valence-corrected chi connectivity index (χ2v) is 4.96. The van der Waals surface area contributed by atoms with Crippen LogP contribution >= 0.6 is 11.8 Å². The third-order valence-electron chi connectivity index (χ3n) is 2.64. The third kappa shape index (κ3) is 2.71. The molecule has 0 bridgehead atoms. The number of rotatable bonds is 5. The largest absolute Gasteiger partial charge is 0.481 e. The first-order valence-corrected chi connectivity index (χ1v) is 6.90. The van der Waals surface area contributed by atoms with Gasteiger partial charge in [-0.3, -0.25) is 4.79 Å². The monoisotopic (exact) mass is 275 g/mol. The molecule has 0 spiro atoms. The predicted molar refractivity (Wildman–Crippen MR) is 73.1 cm³/mol. The summed E-state index contributed by atoms with van der Waals surface area (Å²) < 4.78 is 1.98. The molecule has 1 aromatic heterocycles. The molecule has 98 valence electrons. The maximum absolute atomic E-state index is 10.7. The molecule has 0 saturated carbocycles. The molecule has 0 atom stereocenters. The minimum atomic E-state index is -0.874. The second-order valence-electron chi connectivity index (χ2n) is 4.01. The van der Waals surface area contributed by atoms with Gasteiger partial charge in [-0.05, 0) is 18.6 Å². The van der Waals surface area contributed by atoms with Gasteiger partial charge in [0.1, 0.15) is 11.6 Å². The zero-order chi connectivity index (χ0) is 13.8. The van der Waals surface area contributed by atoms with Gasteiger partial charge in [0.2, 0.25) is 0 Å². The van der Waals surface area contributed by atoms with E-state index in [-0.39, 0.29) is 5.75 Å². The van der Waals surface area contributed by atoms with Crippen LogP contribution in [0.3, 0.4) is 0 Å². The number of nitrogens with zero attached hydrogens (tertiary/aromatic N) is 3. The Morgan fingerprint density at radius 3 is 3.00 bits per heavy atom. The van der Waals surface area contributed by atoms with Crippen LogP contribution in [0.1, 0.15) is 18.9 Å². The minimum absolute atomic E-state index is 0.0328. The standard InChI is InChI=1S/C13H13N3O2S/c1-2-6-16-10-5-3-4-9(7-14)12(10)15-13(16)19-8-11(17)18/h3-5H,2,6,8H2,1H3,(H,17,18). The van der Waals surface area contributed by atoms with E-state index in [2.05, 4.69) is 11.1 Å². The number of carboxylic acids is 1. The summed E-state index contributed by atoms with van der Waals surface area (Å²) in [6, 6.07) is 7.56. The second kappa shape index (κ2) is 5.76. The molecule has 0 unspecified atom stereocenters. The van der Waals surface area contributed by atoms with Crippen molar-refractivity contribution in [2.75, 3.05) is 5.75 Å². The fourth-order valence-corrected chi connectivity index (χ4v) is 2.65. The molecule has 0 radical (unpaired) electrons. The SMILES string of the molecule is CCCn1c(SCC(=O)O)nc2c(C#N)cccc21. The van der Waals surface area contributed by atoms with Gasteiger partial charge in [-0.25, -0.2) is 4.98 Å². The number of thioether (sulfide) groups is 1. The smallest absolute Gasteiger partial charge is 0.313 e. The fourth-order valence-electron chi connectivity index (χ4n) is 1.89. The van der Waals surface area contributed by atoms with Crippen molar-refractivity contribution in [2.45, 2.75) is 25.0 Å². The third-order valence-corrected chi connectivity index (χ3v) is 3.60. The van der Waals surface area contributed by atoms with Crippen molar-refractivity contribution < 1.29 is 9.90 Å². The van der Waals surface area contributed by atoms with E-state index in [1.807, 2.05) is 23.6 Å². The summed E-state index contributed by atoms with van der Waals surface area (Å²) in [5.74, 6) is -0.907. The van der Waals surface area contributed by atoms with Gasteiger partial charge in [0.25, 0.3) is 0 Å². The van der Waals surface area contributed by atoms with Crippen LogP contribution in [0, 0.1) is 11.3 Å². The van der Waals surface area contributed by atoms with Gasteiger partial charge in [-0.15, -0.1) is 0 Å². The molecule has 2 aromatic rings. The number of fused-ring (bicyclic) bond motifs is 1. The van der Waals surface area contributed by atoms with Crippen LogP contribution < -0.4 is 0 Å². The van der Waals surface area contributed by atoms with Crippen LogP contribution in [-0.2, 0) is 11.3 Å². The molecular weight excluding hydrogens is 262 g/mol. The maximum Gasteiger partial charge on any atom is 0.313 e. The Labute approximate surface area is 114 Å². The van der Waals surface area contributed by atoms with Crippen LogP contribution in [0.4, 0.5) is 0 Å². The zero-order valence-electron chi connectivity index (χ0n) is 10.5. The van der Waals surface area contributed by atoms with Crippen molar-refractivity contribution >= 4 is 28.8 Å². The van der Waals surface area contributed by atoms with Crippen molar-refractivity contribution in [3.63, 3.8) is 0 Å². The normalized spacial score (nSPS) is 10.5. The molecule has 5 nitrogen and oxygen atoms in total. The molecule has 1 aromatic carbocycles. The Hall–Kier alpha value is -2.00. The van der Waals surface area contributed by atoms with E-state index in [1.165, 1.54) is 11.8 Å². The highest BCUT2D eigenvalue weighted by molar-refractivity contribution is 7.99. The van der Waals surface area contributed by atoms with Gasteiger partial charge in [0.15, 0.2) is 5.16 Å². The molecule has 0 aliphatic rings. The van der Waals surface area contributed by atoms with Crippen LogP contribution in [0.5, 0.6) is 0 Å². The number of benzene rings is 1. The molecule has 19 heavy (non-hydrogen) atoms. The van der Waals surface area contributed by atoms with Crippen molar-refractivity contribution in [3.8, 4) is 6.07 Å². The van der Waals surface area contributed by atoms with E-state index < -0.39 is 5.97 Å². The number of aromatic nitrogens is 2. The summed E-state index contributed by atoms with van der Waals surface area (Å²) in [5, 5.41) is 18.5. The first kappa shape index (κ1) is 13.4. The van der Waals surface area contributed by atoms with Crippen molar-refractivity contribution in [1.82, 2.24) is 9.55 Å². The van der Waals surface area contributed by atoms with Gasteiger partial charge in [-0.2, -0.15) is 5.26 Å². The highest BCUT2D eigenvalue weighted by Crippen LogP contribution is 2.26. The number of aryl methyl sites for hydroxylation is 1. The lowest BCUT2D eigenvalue weighted by atomic mass is 10.2. The van der Waals surface area contributed by atoms with Gasteiger partial charge in [0, 0.05) is 6.54 Å². The molecule has 1 heterocycles. The van der Waals surface area contributed by atoms with Gasteiger partial charge in [-0.1, -0.05) is 24.8 Å². The number of nitriles is 1. The molecule has 0 amide bonds. The van der Waals surface area contributed by atoms with E-state index in [4.69, 9.17) is 10.4 Å². The van der Waals surface area contributed by atoms with Crippen LogP contribution in [0.25, 0.3) is 11.0 Å². The average molecular weight is 275 g/mol. The molecule has 0 aliphatic carbocycles. The van der Waals surface area contributed by atoms with Crippen molar-refractivity contribution in [3.05, 3.63) is 23.8 Å². The summed E-state index contributed by atoms with van der Waals surface area (Å²) in [4.78, 5) is 15.1. The van der Waals surface area contributed by atoms with Gasteiger partial charge in [0.05, 0.1) is 16.8 Å². The number of carboxylic acid groups (broad SMARTS) is 1. The van der Waals surface area contributed by atoms with E-state index in [9.17, 15) is 4.79 Å². The number of aliphatic carboxylic acids is 1. The van der Waals surface area contributed by atoms with E-state index in [0.717, 1.165) is 18.5 Å². The van der Waals surface area contributed by atoms with Gasteiger partial charge < -0.3 is 9.67 Å². The lowest BCUT2D eigenvalue weighted by Gasteiger charge is -2.05. The van der Waals surface area contributed by atoms with Crippen LogP contribution in [0.15, 0.2) is 23.4 Å². The molecule has 0 saturated heterocycles. The quantitative estimate of drug-likeness (QED) is 0.848. The summed E-state index contributed by atoms with van der Waals surface area (Å²) >= 11 is 1.18. The maximum atomic E-state index is 10.7. The summed E-state index contributed by atoms with van der Waals surface area (Å²) in [6.45, 7) is 2.80. The number of carbonyl (C=O) groups is 1. The summed E-state index contributed by atoms with van der Waals surface area (Å²) in [5.41, 5.74) is 2.05. The minimum Gasteiger partial charge on any atom is -0.481 e. The molecular formula is C13H13N3O2S. The topological polar surface area (TPSA) is 78.9 Å². The summed E-state index contributed by atoms with van der Waals surface area (Å²) in [7, 11) is 0. The number of para-hydroxylation sites is 1. The number of imidazole rings is 1. The van der Waals surface area contributed by atoms with Crippen LogP contribution in [0.2, 0.25) is 0 Å². The van der Waals surface area contributed by atoms with Crippen molar-refractivity contribution in [2.24, 2.45) is 0 Å². The van der Waals surface area contributed by atoms with Crippen molar-refractivity contribution in [1.29, 1.82) is 5.26 Å². The molecule has 2 rings (SSSR count). The Balaban J connectivity index is 2.53. The summed E-state index contributed by atoms with van der Waals surface area (Å²) in [6.07, 6.45) is 0.920. The molecule has 1 N–H and O–H groups in total. The van der Waals surface area contributed by atoms with E-state index >= 15 is 0 Å². The lowest BCUT2D eigenvalue weighted by Crippen LogP contribution is -2.03. The number of hydrogen-bond acceptors (Lipinski definition) is 4.